The number of nitrogens with zero attached hydrogens (tertiary/aromatic N) is 2. The predicted molar refractivity (Wildman–Crippen MR) is 124 cm³/mol. The van der Waals surface area contributed by atoms with Crippen LogP contribution in [0.25, 0.3) is 0 Å². The number of ketones is 1. The van der Waals surface area contributed by atoms with Gasteiger partial charge in [-0.2, -0.15) is 5.26 Å². The van der Waals surface area contributed by atoms with Crippen LogP contribution in [0, 0.1) is 16.7 Å². The van der Waals surface area contributed by atoms with E-state index in [0.717, 1.165) is 38.9 Å². The van der Waals surface area contributed by atoms with E-state index >= 15 is 0 Å². The molecule has 2 heterocycles. The van der Waals surface area contributed by atoms with Crippen molar-refractivity contribution in [1.82, 2.24) is 0 Å². The maximum absolute atomic E-state index is 13.5. The Morgan fingerprint density at radius 1 is 1.27 bits per heavy atom. The van der Waals surface area contributed by atoms with Crippen molar-refractivity contribution in [1.29, 1.82) is 5.26 Å². The summed E-state index contributed by atoms with van der Waals surface area (Å²) in [6.45, 7) is 6.35. The Hall–Kier alpha value is -2.49. The molecule has 4 nitrogen and oxygen atoms in total. The van der Waals surface area contributed by atoms with Crippen LogP contribution < -0.4 is 10.6 Å². The van der Waals surface area contributed by atoms with Crippen LogP contribution in [-0.2, 0) is 4.79 Å². The number of hydrogen-bond donors (Lipinski definition) is 1. The monoisotopic (exact) mass is 435 g/mol. The number of nitriles is 1. The normalized spacial score (nSPS) is 20.9. The SMILES string of the molecule is CCSc1sccc1[C@@H]1C(C#N)=C(N)N(c2ccccc2)C2=C1C(=O)CC(C)(C)C2. The number of carbonyl (C=O) groups excluding carboxylic acids is 1. The van der Waals surface area contributed by atoms with Crippen molar-refractivity contribution in [3.63, 3.8) is 0 Å². The summed E-state index contributed by atoms with van der Waals surface area (Å²) in [6, 6.07) is 14.2. The molecule has 154 valence electrons. The van der Waals surface area contributed by atoms with Gasteiger partial charge in [-0.15, -0.1) is 23.1 Å². The minimum Gasteiger partial charge on any atom is -0.384 e. The highest BCUT2D eigenvalue weighted by molar-refractivity contribution is 8.01. The second-order valence-electron chi connectivity index (χ2n) is 8.41. The molecular weight excluding hydrogens is 410 g/mol. The number of para-hydroxylation sites is 1. The summed E-state index contributed by atoms with van der Waals surface area (Å²) in [6.07, 6.45) is 1.21. The molecule has 1 aliphatic heterocycles. The van der Waals surface area contributed by atoms with E-state index in [-0.39, 0.29) is 11.2 Å². The van der Waals surface area contributed by atoms with Gasteiger partial charge < -0.3 is 5.73 Å². The van der Waals surface area contributed by atoms with Gasteiger partial charge in [0.1, 0.15) is 5.82 Å². The Labute approximate surface area is 186 Å². The molecule has 1 aromatic heterocycles. The molecule has 0 radical (unpaired) electrons. The van der Waals surface area contributed by atoms with Crippen molar-refractivity contribution in [3.05, 3.63) is 70.0 Å². The zero-order chi connectivity index (χ0) is 21.5. The molecule has 2 aromatic rings. The first kappa shape index (κ1) is 20.8. The number of hydrogen-bond acceptors (Lipinski definition) is 6. The second-order valence-corrected chi connectivity index (χ2v) is 10.9. The predicted octanol–water partition coefficient (Wildman–Crippen LogP) is 5.80. The van der Waals surface area contributed by atoms with Gasteiger partial charge in [0.05, 0.1) is 21.8 Å². The number of nitrogens with two attached hydrogens (primary N) is 1. The molecule has 1 aliphatic carbocycles. The van der Waals surface area contributed by atoms with Crippen LogP contribution in [0.3, 0.4) is 0 Å². The Kier molecular flexibility index (Phi) is 5.52. The van der Waals surface area contributed by atoms with Crippen molar-refractivity contribution in [2.75, 3.05) is 10.7 Å². The van der Waals surface area contributed by atoms with Gasteiger partial charge in [-0.1, -0.05) is 39.0 Å². The van der Waals surface area contributed by atoms with Crippen LogP contribution in [0.2, 0.25) is 0 Å². The zero-order valence-electron chi connectivity index (χ0n) is 17.4. The number of thioether (sulfide) groups is 1. The van der Waals surface area contributed by atoms with Crippen LogP contribution in [-0.4, -0.2) is 11.5 Å². The molecule has 30 heavy (non-hydrogen) atoms. The maximum atomic E-state index is 13.5. The lowest BCUT2D eigenvalue weighted by Crippen LogP contribution is -2.42. The van der Waals surface area contributed by atoms with E-state index in [2.05, 4.69) is 26.8 Å². The van der Waals surface area contributed by atoms with Crippen molar-refractivity contribution in [2.24, 2.45) is 11.1 Å². The molecule has 0 spiro atoms. The molecule has 4 rings (SSSR count). The summed E-state index contributed by atoms with van der Waals surface area (Å²) in [5.74, 6) is 1.08. The van der Waals surface area contributed by atoms with Gasteiger partial charge in [-0.25, -0.2) is 0 Å². The van der Waals surface area contributed by atoms with Gasteiger partial charge in [0.15, 0.2) is 5.78 Å². The second kappa shape index (κ2) is 7.98. The van der Waals surface area contributed by atoms with Crippen LogP contribution in [0.1, 0.15) is 45.1 Å². The van der Waals surface area contributed by atoms with Gasteiger partial charge in [0.25, 0.3) is 0 Å². The summed E-state index contributed by atoms with van der Waals surface area (Å²) in [7, 11) is 0. The summed E-state index contributed by atoms with van der Waals surface area (Å²) in [4.78, 5) is 15.4. The first-order valence-corrected chi connectivity index (χ1v) is 12.0. The number of rotatable bonds is 4. The van der Waals surface area contributed by atoms with Crippen molar-refractivity contribution < 1.29 is 4.79 Å². The minimum absolute atomic E-state index is 0.117. The van der Waals surface area contributed by atoms with E-state index < -0.39 is 5.92 Å². The highest BCUT2D eigenvalue weighted by Gasteiger charge is 2.45. The summed E-state index contributed by atoms with van der Waals surface area (Å²) < 4.78 is 1.15. The Balaban J connectivity index is 1.99. The smallest absolute Gasteiger partial charge is 0.162 e. The fourth-order valence-corrected chi connectivity index (χ4v) is 6.53. The van der Waals surface area contributed by atoms with Crippen LogP contribution in [0.5, 0.6) is 0 Å². The molecule has 2 aliphatic rings. The molecular formula is C24H25N3OS2. The van der Waals surface area contributed by atoms with Gasteiger partial charge >= 0.3 is 0 Å². The lowest BCUT2D eigenvalue weighted by Gasteiger charge is -2.43. The Morgan fingerprint density at radius 2 is 2.00 bits per heavy atom. The fraction of sp³-hybridized carbons (Fsp3) is 0.333. The van der Waals surface area contributed by atoms with Crippen molar-refractivity contribution >= 4 is 34.6 Å². The number of thiophene rings is 1. The highest BCUT2D eigenvalue weighted by atomic mass is 32.2. The van der Waals surface area contributed by atoms with E-state index in [0.29, 0.717) is 17.8 Å². The molecule has 6 heteroatoms. The number of benzene rings is 1. The largest absolute Gasteiger partial charge is 0.384 e. The molecule has 0 saturated carbocycles. The van der Waals surface area contributed by atoms with E-state index in [9.17, 15) is 10.1 Å². The molecule has 2 N–H and O–H groups in total. The first-order valence-electron chi connectivity index (χ1n) is 10.1. The van der Waals surface area contributed by atoms with Gasteiger partial charge in [-0.3, -0.25) is 9.69 Å². The minimum atomic E-state index is -0.395. The van der Waals surface area contributed by atoms with Crippen molar-refractivity contribution in [2.45, 2.75) is 43.7 Å². The first-order chi connectivity index (χ1) is 14.4. The van der Waals surface area contributed by atoms with E-state index in [1.165, 1.54) is 0 Å². The number of Topliss-reactive ketones (excluding diaryl/α,β-unsaturated/α-hetero) is 1. The average molecular weight is 436 g/mol. The third-order valence-corrected chi connectivity index (χ3v) is 7.79. The summed E-state index contributed by atoms with van der Waals surface area (Å²) >= 11 is 3.41. The summed E-state index contributed by atoms with van der Waals surface area (Å²) in [5, 5.41) is 12.2. The molecule has 0 fully saturated rings. The number of anilines is 1. The molecule has 0 unspecified atom stereocenters. The lowest BCUT2D eigenvalue weighted by atomic mass is 9.69. The van der Waals surface area contributed by atoms with Gasteiger partial charge in [0.2, 0.25) is 0 Å². The molecule has 0 amide bonds. The highest BCUT2D eigenvalue weighted by Crippen LogP contribution is 2.52. The van der Waals surface area contributed by atoms with Crippen LogP contribution >= 0.6 is 23.1 Å². The van der Waals surface area contributed by atoms with E-state index in [4.69, 9.17) is 5.73 Å². The third-order valence-electron chi connectivity index (χ3n) is 5.64. The third kappa shape index (κ3) is 3.46. The molecule has 0 bridgehead atoms. The van der Waals surface area contributed by atoms with Crippen LogP contribution in [0.15, 0.2) is 68.7 Å². The van der Waals surface area contributed by atoms with E-state index in [1.807, 2.05) is 46.7 Å². The van der Waals surface area contributed by atoms with E-state index in [1.54, 1.807) is 23.1 Å². The van der Waals surface area contributed by atoms with Crippen LogP contribution in [0.4, 0.5) is 5.69 Å². The Bertz CT molecular complexity index is 1090. The molecule has 1 atom stereocenters. The average Bonchev–Trinajstić information content (AvgIpc) is 3.15. The molecule has 1 aromatic carbocycles. The van der Waals surface area contributed by atoms with Gasteiger partial charge in [0, 0.05) is 23.4 Å². The standard InChI is InChI=1S/C24H25N3OS2/c1-4-29-23-16(10-11-30-23)20-17(14-25)22(26)27(15-8-6-5-7-9-15)18-12-24(2,3)13-19(28)21(18)20/h5-11,20H,4,12-13,26H2,1-3H3/t20-/m1/s1. The fourth-order valence-electron chi connectivity index (χ4n) is 4.46. The Morgan fingerprint density at radius 3 is 2.67 bits per heavy atom. The maximum Gasteiger partial charge on any atom is 0.162 e. The topological polar surface area (TPSA) is 70.1 Å². The number of carbonyl (C=O) groups is 1. The zero-order valence-corrected chi connectivity index (χ0v) is 19.1. The lowest BCUT2D eigenvalue weighted by molar-refractivity contribution is -0.118. The number of allylic oxidation sites excluding steroid dienone is 3. The quantitative estimate of drug-likeness (QED) is 0.615. The van der Waals surface area contributed by atoms with Crippen molar-refractivity contribution in [3.8, 4) is 6.07 Å². The summed E-state index contributed by atoms with van der Waals surface area (Å²) in [5.41, 5.74) is 10.5. The van der Waals surface area contributed by atoms with Gasteiger partial charge in [-0.05, 0) is 46.7 Å². The molecule has 0 saturated heterocycles.